The summed E-state index contributed by atoms with van der Waals surface area (Å²) in [6, 6.07) is 2.12. The van der Waals surface area contributed by atoms with Gasteiger partial charge in [0.05, 0.1) is 4.91 Å². The van der Waals surface area contributed by atoms with Gasteiger partial charge in [-0.1, -0.05) is 24.0 Å². The maximum atomic E-state index is 12.2. The number of likely N-dealkylation sites (N-methyl/N-ethyl adjacent to an activating group) is 1. The van der Waals surface area contributed by atoms with Crippen LogP contribution in [0, 0.1) is 13.8 Å². The highest BCUT2D eigenvalue weighted by Gasteiger charge is 2.30. The Labute approximate surface area is 123 Å². The van der Waals surface area contributed by atoms with E-state index in [9.17, 15) is 4.79 Å². The lowest BCUT2D eigenvalue weighted by Gasteiger charge is -2.09. The van der Waals surface area contributed by atoms with E-state index in [-0.39, 0.29) is 5.91 Å². The van der Waals surface area contributed by atoms with Gasteiger partial charge in [0.1, 0.15) is 4.32 Å². The topological polar surface area (TPSA) is 25.2 Å². The first-order valence-corrected chi connectivity index (χ1v) is 7.64. The van der Waals surface area contributed by atoms with E-state index in [0.29, 0.717) is 10.9 Å². The second-order valence-electron chi connectivity index (χ2n) is 4.50. The van der Waals surface area contributed by atoms with Crippen LogP contribution in [-0.2, 0) is 11.3 Å². The Morgan fingerprint density at radius 3 is 2.47 bits per heavy atom. The van der Waals surface area contributed by atoms with Crippen LogP contribution >= 0.6 is 24.0 Å². The van der Waals surface area contributed by atoms with Gasteiger partial charge in [-0.05, 0) is 45.4 Å². The summed E-state index contributed by atoms with van der Waals surface area (Å²) in [6.45, 7) is 9.82. The molecule has 2 rings (SSSR count). The number of nitrogens with zero attached hydrogens (tertiary/aromatic N) is 2. The van der Waals surface area contributed by atoms with Gasteiger partial charge in [0.15, 0.2) is 0 Å². The van der Waals surface area contributed by atoms with Gasteiger partial charge in [-0.15, -0.1) is 0 Å². The first-order chi connectivity index (χ1) is 8.99. The quantitative estimate of drug-likeness (QED) is 0.631. The number of amides is 1. The first kappa shape index (κ1) is 14.3. The van der Waals surface area contributed by atoms with E-state index in [0.717, 1.165) is 17.0 Å². The maximum Gasteiger partial charge on any atom is 0.266 e. The second-order valence-corrected chi connectivity index (χ2v) is 6.17. The zero-order chi connectivity index (χ0) is 14.2. The molecule has 1 fully saturated rings. The molecular weight excluding hydrogens is 276 g/mol. The minimum absolute atomic E-state index is 0.0267. The van der Waals surface area contributed by atoms with Crippen LogP contribution in [0.4, 0.5) is 0 Å². The Kier molecular flexibility index (Phi) is 4.16. The van der Waals surface area contributed by atoms with Crippen LogP contribution in [0.2, 0.25) is 0 Å². The normalized spacial score (nSPS) is 17.9. The Hall–Kier alpha value is -1.07. The molecule has 102 valence electrons. The van der Waals surface area contributed by atoms with Crippen LogP contribution in [0.1, 0.15) is 30.8 Å². The summed E-state index contributed by atoms with van der Waals surface area (Å²) in [5.74, 6) is 0.0267. The largest absolute Gasteiger partial charge is 0.349 e. The van der Waals surface area contributed by atoms with Crippen molar-refractivity contribution in [2.24, 2.45) is 0 Å². The smallest absolute Gasteiger partial charge is 0.266 e. The summed E-state index contributed by atoms with van der Waals surface area (Å²) < 4.78 is 2.90. The standard InChI is InChI=1S/C14H18N2OS2/c1-5-15-9(3)7-11(10(15)4)8-12-13(17)16(6-2)14(18)19-12/h7-8H,5-6H2,1-4H3. The number of thioether (sulfide) groups is 1. The Bertz CT molecular complexity index is 572. The maximum absolute atomic E-state index is 12.2. The first-order valence-electron chi connectivity index (χ1n) is 6.41. The number of aromatic nitrogens is 1. The molecular formula is C14H18N2OS2. The number of carbonyl (C=O) groups excluding carboxylic acids is 1. The monoisotopic (exact) mass is 294 g/mol. The van der Waals surface area contributed by atoms with Gasteiger partial charge >= 0.3 is 0 Å². The molecule has 0 aromatic carbocycles. The second kappa shape index (κ2) is 5.51. The third-order valence-electron chi connectivity index (χ3n) is 3.41. The molecule has 1 saturated heterocycles. The predicted molar refractivity (Wildman–Crippen MR) is 85.1 cm³/mol. The summed E-state index contributed by atoms with van der Waals surface area (Å²) in [5, 5.41) is 0. The molecule has 0 radical (unpaired) electrons. The molecule has 1 aliphatic heterocycles. The van der Waals surface area contributed by atoms with Gasteiger partial charge in [-0.25, -0.2) is 0 Å². The van der Waals surface area contributed by atoms with Crippen LogP contribution in [0.15, 0.2) is 11.0 Å². The zero-order valence-electron chi connectivity index (χ0n) is 11.7. The molecule has 0 atom stereocenters. The number of aryl methyl sites for hydroxylation is 1. The number of thiocarbonyl (C=S) groups is 1. The Morgan fingerprint density at radius 1 is 1.32 bits per heavy atom. The lowest BCUT2D eigenvalue weighted by atomic mass is 10.2. The number of hydrogen-bond donors (Lipinski definition) is 0. The molecule has 1 aliphatic rings. The summed E-state index contributed by atoms with van der Waals surface area (Å²) in [7, 11) is 0. The van der Waals surface area contributed by atoms with Crippen molar-refractivity contribution in [3.05, 3.63) is 27.9 Å². The van der Waals surface area contributed by atoms with Crippen LogP contribution in [0.25, 0.3) is 6.08 Å². The molecule has 19 heavy (non-hydrogen) atoms. The van der Waals surface area contributed by atoms with Crippen molar-refractivity contribution in [3.63, 3.8) is 0 Å². The third-order valence-corrected chi connectivity index (χ3v) is 4.78. The molecule has 1 aromatic rings. The fraction of sp³-hybridized carbons (Fsp3) is 0.429. The molecule has 1 aromatic heterocycles. The van der Waals surface area contributed by atoms with E-state index in [4.69, 9.17) is 12.2 Å². The van der Waals surface area contributed by atoms with E-state index < -0.39 is 0 Å². The molecule has 5 heteroatoms. The van der Waals surface area contributed by atoms with Gasteiger partial charge in [0.2, 0.25) is 0 Å². The average molecular weight is 294 g/mol. The van der Waals surface area contributed by atoms with Gasteiger partial charge in [0, 0.05) is 24.5 Å². The molecule has 3 nitrogen and oxygen atoms in total. The molecule has 1 amide bonds. The van der Waals surface area contributed by atoms with Crippen LogP contribution in [-0.4, -0.2) is 26.2 Å². The molecule has 0 N–H and O–H groups in total. The van der Waals surface area contributed by atoms with Crippen molar-refractivity contribution in [1.29, 1.82) is 0 Å². The van der Waals surface area contributed by atoms with Crippen LogP contribution in [0.5, 0.6) is 0 Å². The van der Waals surface area contributed by atoms with Crippen molar-refractivity contribution < 1.29 is 4.79 Å². The van der Waals surface area contributed by atoms with E-state index >= 15 is 0 Å². The lowest BCUT2D eigenvalue weighted by Crippen LogP contribution is -2.27. The van der Waals surface area contributed by atoms with Gasteiger partial charge in [-0.2, -0.15) is 0 Å². The van der Waals surface area contributed by atoms with Crippen molar-refractivity contribution in [2.45, 2.75) is 34.2 Å². The highest BCUT2D eigenvalue weighted by atomic mass is 32.2. The van der Waals surface area contributed by atoms with Gasteiger partial charge in [0.25, 0.3) is 5.91 Å². The van der Waals surface area contributed by atoms with E-state index in [1.807, 2.05) is 13.0 Å². The van der Waals surface area contributed by atoms with E-state index in [1.165, 1.54) is 23.1 Å². The van der Waals surface area contributed by atoms with E-state index in [1.54, 1.807) is 4.90 Å². The molecule has 2 heterocycles. The summed E-state index contributed by atoms with van der Waals surface area (Å²) in [6.07, 6.45) is 1.96. The third kappa shape index (κ3) is 2.49. The van der Waals surface area contributed by atoms with Crippen LogP contribution < -0.4 is 0 Å². The Balaban J connectivity index is 2.38. The van der Waals surface area contributed by atoms with E-state index in [2.05, 4.69) is 31.4 Å². The van der Waals surface area contributed by atoms with Crippen molar-refractivity contribution >= 4 is 40.3 Å². The Morgan fingerprint density at radius 2 is 2.00 bits per heavy atom. The molecule has 0 bridgehead atoms. The summed E-state index contributed by atoms with van der Waals surface area (Å²) in [4.78, 5) is 14.5. The molecule has 0 aliphatic carbocycles. The number of rotatable bonds is 3. The highest BCUT2D eigenvalue weighted by Crippen LogP contribution is 2.33. The lowest BCUT2D eigenvalue weighted by molar-refractivity contribution is -0.121. The minimum atomic E-state index is 0.0267. The average Bonchev–Trinajstić information content (AvgIpc) is 2.78. The molecule has 0 unspecified atom stereocenters. The summed E-state index contributed by atoms with van der Waals surface area (Å²) in [5.41, 5.74) is 3.52. The predicted octanol–water partition coefficient (Wildman–Crippen LogP) is 3.35. The zero-order valence-corrected chi connectivity index (χ0v) is 13.3. The van der Waals surface area contributed by atoms with Crippen molar-refractivity contribution in [3.8, 4) is 0 Å². The van der Waals surface area contributed by atoms with Gasteiger partial charge in [-0.3, -0.25) is 9.69 Å². The number of carbonyl (C=O) groups is 1. The fourth-order valence-electron chi connectivity index (χ4n) is 2.37. The van der Waals surface area contributed by atoms with Gasteiger partial charge < -0.3 is 4.57 Å². The van der Waals surface area contributed by atoms with Crippen LogP contribution in [0.3, 0.4) is 0 Å². The molecule has 0 saturated carbocycles. The fourth-order valence-corrected chi connectivity index (χ4v) is 3.75. The minimum Gasteiger partial charge on any atom is -0.349 e. The van der Waals surface area contributed by atoms with Crippen molar-refractivity contribution in [1.82, 2.24) is 9.47 Å². The highest BCUT2D eigenvalue weighted by molar-refractivity contribution is 8.26. The van der Waals surface area contributed by atoms with Crippen molar-refractivity contribution in [2.75, 3.05) is 6.54 Å². The number of hydrogen-bond acceptors (Lipinski definition) is 3. The summed E-state index contributed by atoms with van der Waals surface area (Å²) >= 11 is 6.61. The SMILES string of the molecule is CCN1C(=O)C(=Cc2cc(C)n(CC)c2C)SC1=S. The molecule has 0 spiro atoms.